The number of hydrogen-bond donors (Lipinski definition) is 0. The van der Waals surface area contributed by atoms with Crippen LogP contribution < -0.4 is 0 Å². The maximum absolute atomic E-state index is 10.5. The van der Waals surface area contributed by atoms with Gasteiger partial charge in [-0.3, -0.25) is 0 Å². The molecule has 2 heterocycles. The first kappa shape index (κ1) is 24.1. The summed E-state index contributed by atoms with van der Waals surface area (Å²) in [6.45, 7) is 0. The third kappa shape index (κ3) is 3.79. The fourth-order valence-electron chi connectivity index (χ4n) is 5.94. The molecule has 8 aromatic rings. The van der Waals surface area contributed by atoms with E-state index >= 15 is 0 Å². The SMILES string of the molecule is N#Cc1cccc(-c2cc(-c3ccc4oc5ccccc5c4c3)cc(-c3ccc4c(c3)sc3ccccc34)c2C#N)c1. The Labute approximate surface area is 245 Å². The monoisotopic (exact) mass is 552 g/mol. The van der Waals surface area contributed by atoms with Crippen molar-refractivity contribution in [3.8, 4) is 45.5 Å². The first-order valence-corrected chi connectivity index (χ1v) is 14.4. The van der Waals surface area contributed by atoms with Gasteiger partial charge in [0.15, 0.2) is 0 Å². The number of fused-ring (bicyclic) bond motifs is 6. The number of hydrogen-bond acceptors (Lipinski definition) is 4. The van der Waals surface area contributed by atoms with Crippen molar-refractivity contribution in [2.75, 3.05) is 0 Å². The minimum absolute atomic E-state index is 0.557. The van der Waals surface area contributed by atoms with E-state index in [-0.39, 0.29) is 0 Å². The van der Waals surface area contributed by atoms with Gasteiger partial charge in [-0.25, -0.2) is 0 Å². The fourth-order valence-corrected chi connectivity index (χ4v) is 7.09. The normalized spacial score (nSPS) is 11.3. The highest BCUT2D eigenvalue weighted by Gasteiger charge is 2.18. The van der Waals surface area contributed by atoms with Gasteiger partial charge < -0.3 is 4.42 Å². The maximum Gasteiger partial charge on any atom is 0.135 e. The zero-order valence-corrected chi connectivity index (χ0v) is 23.1. The molecule has 0 aliphatic carbocycles. The van der Waals surface area contributed by atoms with Gasteiger partial charge in [0.25, 0.3) is 0 Å². The molecule has 0 saturated heterocycles. The van der Waals surface area contributed by atoms with Crippen LogP contribution in [0.4, 0.5) is 0 Å². The summed E-state index contributed by atoms with van der Waals surface area (Å²) in [4.78, 5) is 0. The van der Waals surface area contributed by atoms with Crippen molar-refractivity contribution in [2.45, 2.75) is 0 Å². The summed E-state index contributed by atoms with van der Waals surface area (Å²) in [7, 11) is 0. The number of nitrogens with zero attached hydrogens (tertiary/aromatic N) is 2. The lowest BCUT2D eigenvalue weighted by Gasteiger charge is -2.15. The van der Waals surface area contributed by atoms with Crippen LogP contribution in [-0.4, -0.2) is 0 Å². The largest absolute Gasteiger partial charge is 0.456 e. The summed E-state index contributed by atoms with van der Waals surface area (Å²) in [5.74, 6) is 0. The quantitative estimate of drug-likeness (QED) is 0.219. The van der Waals surface area contributed by atoms with Crippen LogP contribution in [-0.2, 0) is 0 Å². The molecule has 0 fully saturated rings. The summed E-state index contributed by atoms with van der Waals surface area (Å²) in [6.07, 6.45) is 0. The average Bonchev–Trinajstić information content (AvgIpc) is 3.61. The molecule has 42 heavy (non-hydrogen) atoms. The zero-order valence-electron chi connectivity index (χ0n) is 22.3. The lowest BCUT2D eigenvalue weighted by molar-refractivity contribution is 0.669. The maximum atomic E-state index is 10.5. The Kier molecular flexibility index (Phi) is 5.44. The van der Waals surface area contributed by atoms with Crippen molar-refractivity contribution in [3.05, 3.63) is 132 Å². The van der Waals surface area contributed by atoms with Gasteiger partial charge in [0, 0.05) is 42.1 Å². The average molecular weight is 553 g/mol. The number of para-hydroxylation sites is 1. The summed E-state index contributed by atoms with van der Waals surface area (Å²) in [6, 6.07) is 45.6. The minimum atomic E-state index is 0.557. The highest BCUT2D eigenvalue weighted by atomic mass is 32.1. The summed E-state index contributed by atoms with van der Waals surface area (Å²) >= 11 is 1.76. The van der Waals surface area contributed by atoms with Crippen molar-refractivity contribution in [2.24, 2.45) is 0 Å². The second kappa shape index (κ2) is 9.46. The van der Waals surface area contributed by atoms with E-state index in [4.69, 9.17) is 4.42 Å². The Morgan fingerprint density at radius 2 is 1.19 bits per heavy atom. The van der Waals surface area contributed by atoms with Gasteiger partial charge in [-0.05, 0) is 76.9 Å². The topological polar surface area (TPSA) is 60.7 Å². The van der Waals surface area contributed by atoms with Gasteiger partial charge in [0.1, 0.15) is 17.2 Å². The van der Waals surface area contributed by atoms with Gasteiger partial charge in [-0.1, -0.05) is 66.7 Å². The molecule has 6 aromatic carbocycles. The number of benzene rings is 6. The highest BCUT2D eigenvalue weighted by molar-refractivity contribution is 7.25. The second-order valence-corrected chi connectivity index (χ2v) is 11.5. The first-order valence-electron chi connectivity index (χ1n) is 13.6. The molecule has 0 radical (unpaired) electrons. The van der Waals surface area contributed by atoms with Gasteiger partial charge in [-0.2, -0.15) is 10.5 Å². The van der Waals surface area contributed by atoms with Crippen LogP contribution in [0.5, 0.6) is 0 Å². The molecule has 4 heteroatoms. The highest BCUT2D eigenvalue weighted by Crippen LogP contribution is 2.41. The standard InChI is InChI=1S/C38H20N2OS/c39-21-23-6-5-7-25(16-23)31-18-27(24-13-15-36-33(17-24)28-8-1-3-10-35(28)41-36)19-32(34(31)22-40)26-12-14-30-29-9-2-4-11-37(29)42-38(30)20-26/h1-20H. The van der Waals surface area contributed by atoms with Crippen molar-refractivity contribution in [1.82, 2.24) is 0 Å². The number of nitriles is 2. The van der Waals surface area contributed by atoms with Crippen LogP contribution in [0.25, 0.3) is 75.5 Å². The van der Waals surface area contributed by atoms with E-state index in [0.717, 1.165) is 55.3 Å². The van der Waals surface area contributed by atoms with Crippen LogP contribution in [0.2, 0.25) is 0 Å². The Hall–Kier alpha value is -5.68. The van der Waals surface area contributed by atoms with E-state index in [1.807, 2.05) is 42.5 Å². The molecule has 0 amide bonds. The van der Waals surface area contributed by atoms with Crippen LogP contribution in [0.3, 0.4) is 0 Å². The molecule has 2 aromatic heterocycles. The second-order valence-electron chi connectivity index (χ2n) is 10.4. The molecular formula is C38H20N2OS. The number of thiophene rings is 1. The van der Waals surface area contributed by atoms with Crippen LogP contribution in [0.15, 0.2) is 126 Å². The molecule has 194 valence electrons. The van der Waals surface area contributed by atoms with E-state index in [2.05, 4.69) is 84.9 Å². The van der Waals surface area contributed by atoms with Crippen molar-refractivity contribution >= 4 is 53.4 Å². The number of rotatable bonds is 3. The summed E-state index contributed by atoms with van der Waals surface area (Å²) in [5.41, 5.74) is 8.35. The lowest BCUT2D eigenvalue weighted by Crippen LogP contribution is -1.93. The van der Waals surface area contributed by atoms with E-state index in [0.29, 0.717) is 11.1 Å². The van der Waals surface area contributed by atoms with Crippen LogP contribution in [0.1, 0.15) is 11.1 Å². The van der Waals surface area contributed by atoms with Gasteiger partial charge in [0.2, 0.25) is 0 Å². The van der Waals surface area contributed by atoms with Crippen molar-refractivity contribution in [1.29, 1.82) is 10.5 Å². The zero-order chi connectivity index (χ0) is 28.2. The third-order valence-electron chi connectivity index (χ3n) is 7.95. The van der Waals surface area contributed by atoms with Gasteiger partial charge in [0.05, 0.1) is 17.2 Å². The first-order chi connectivity index (χ1) is 20.7. The van der Waals surface area contributed by atoms with Gasteiger partial charge in [-0.15, -0.1) is 11.3 Å². The Balaban J connectivity index is 1.40. The molecule has 8 rings (SSSR count). The van der Waals surface area contributed by atoms with Crippen LogP contribution >= 0.6 is 11.3 Å². The minimum Gasteiger partial charge on any atom is -0.456 e. The molecule has 3 nitrogen and oxygen atoms in total. The Morgan fingerprint density at radius 3 is 2.02 bits per heavy atom. The molecule has 0 N–H and O–H groups in total. The Morgan fingerprint density at radius 1 is 0.476 bits per heavy atom. The molecular weight excluding hydrogens is 532 g/mol. The fraction of sp³-hybridized carbons (Fsp3) is 0. The predicted octanol–water partition coefficient (Wildman–Crippen LogP) is 10.7. The molecule has 0 bridgehead atoms. The molecule has 0 atom stereocenters. The molecule has 0 aliphatic heterocycles. The van der Waals surface area contributed by atoms with E-state index < -0.39 is 0 Å². The summed E-state index contributed by atoms with van der Waals surface area (Å²) in [5, 5.41) is 24.7. The van der Waals surface area contributed by atoms with E-state index in [9.17, 15) is 10.5 Å². The van der Waals surface area contributed by atoms with Gasteiger partial charge >= 0.3 is 0 Å². The molecule has 0 aliphatic rings. The third-order valence-corrected chi connectivity index (χ3v) is 9.09. The molecule has 0 unspecified atom stereocenters. The van der Waals surface area contributed by atoms with Crippen molar-refractivity contribution < 1.29 is 4.42 Å². The van der Waals surface area contributed by atoms with E-state index in [1.54, 1.807) is 17.4 Å². The summed E-state index contributed by atoms with van der Waals surface area (Å²) < 4.78 is 8.51. The Bertz CT molecular complexity index is 2450. The van der Waals surface area contributed by atoms with Crippen LogP contribution in [0, 0.1) is 22.7 Å². The van der Waals surface area contributed by atoms with Crippen molar-refractivity contribution in [3.63, 3.8) is 0 Å². The van der Waals surface area contributed by atoms with E-state index in [1.165, 1.54) is 20.2 Å². The predicted molar refractivity (Wildman–Crippen MR) is 172 cm³/mol. The molecule has 0 saturated carbocycles. The number of furan rings is 1. The smallest absolute Gasteiger partial charge is 0.135 e. The molecule has 0 spiro atoms. The lowest BCUT2D eigenvalue weighted by atomic mass is 9.87.